The summed E-state index contributed by atoms with van der Waals surface area (Å²) in [6.45, 7) is 1.02. The topological polar surface area (TPSA) is 166 Å². The van der Waals surface area contributed by atoms with Crippen LogP contribution in [0.4, 0.5) is 0 Å². The van der Waals surface area contributed by atoms with Crippen molar-refractivity contribution >= 4 is 23.7 Å². The molecule has 0 atom stereocenters. The summed E-state index contributed by atoms with van der Waals surface area (Å²) in [5.41, 5.74) is 10.1. The van der Waals surface area contributed by atoms with Crippen molar-refractivity contribution in [1.82, 2.24) is 0 Å². The number of methoxy groups -OCH3 is 1. The van der Waals surface area contributed by atoms with E-state index in [1.165, 1.54) is 14.0 Å². The highest BCUT2D eigenvalue weighted by Gasteiger charge is 2.23. The van der Waals surface area contributed by atoms with E-state index in [-0.39, 0.29) is 35.8 Å². The molecular formula is C18H24N2O9. The lowest BCUT2D eigenvalue weighted by Gasteiger charge is -2.14. The predicted octanol–water partition coefficient (Wildman–Crippen LogP) is -0.563. The second kappa shape index (κ2) is 12.6. The van der Waals surface area contributed by atoms with Gasteiger partial charge in [-0.05, 0) is 19.1 Å². The van der Waals surface area contributed by atoms with Gasteiger partial charge < -0.3 is 35.2 Å². The average molecular weight is 412 g/mol. The van der Waals surface area contributed by atoms with E-state index in [1.807, 2.05) is 0 Å². The molecule has 29 heavy (non-hydrogen) atoms. The van der Waals surface area contributed by atoms with Crippen LogP contribution in [0.2, 0.25) is 0 Å². The number of ketones is 1. The average Bonchev–Trinajstić information content (AvgIpc) is 2.70. The van der Waals surface area contributed by atoms with Gasteiger partial charge in [0.05, 0.1) is 38.5 Å². The van der Waals surface area contributed by atoms with Crippen LogP contribution in [0.1, 0.15) is 27.6 Å². The molecule has 0 aromatic heterocycles. The minimum absolute atomic E-state index is 0.0916. The van der Waals surface area contributed by atoms with E-state index >= 15 is 0 Å². The number of rotatable bonds is 12. The molecule has 0 heterocycles. The van der Waals surface area contributed by atoms with Crippen molar-refractivity contribution in [3.8, 4) is 11.5 Å². The van der Waals surface area contributed by atoms with E-state index in [0.717, 1.165) is 12.1 Å². The van der Waals surface area contributed by atoms with Gasteiger partial charge in [0.2, 0.25) is 0 Å². The molecule has 0 radical (unpaired) electrons. The van der Waals surface area contributed by atoms with Crippen LogP contribution in [0.15, 0.2) is 12.1 Å². The molecule has 160 valence electrons. The van der Waals surface area contributed by atoms with Crippen LogP contribution < -0.4 is 20.9 Å². The van der Waals surface area contributed by atoms with Gasteiger partial charge in [0, 0.05) is 7.11 Å². The largest absolute Gasteiger partial charge is 0.460 e. The van der Waals surface area contributed by atoms with Crippen LogP contribution in [0.3, 0.4) is 0 Å². The van der Waals surface area contributed by atoms with Gasteiger partial charge in [-0.1, -0.05) is 0 Å². The molecule has 0 fully saturated rings. The molecule has 0 spiro atoms. The van der Waals surface area contributed by atoms with Crippen molar-refractivity contribution in [3.05, 3.63) is 23.3 Å². The summed E-state index contributed by atoms with van der Waals surface area (Å²) >= 11 is 0. The number of carbonyl (C=O) groups excluding carboxylic acids is 4. The Bertz CT molecular complexity index is 749. The first kappa shape index (κ1) is 24.2. The van der Waals surface area contributed by atoms with Gasteiger partial charge in [-0.2, -0.15) is 0 Å². The minimum atomic E-state index is -0.889. The Labute approximate surface area is 167 Å². The number of Topliss-reactive ketones (excluding diaryl/α,β-unsaturated/α-hetero) is 1. The van der Waals surface area contributed by atoms with Gasteiger partial charge in [0.15, 0.2) is 5.78 Å². The molecule has 1 aromatic rings. The smallest absolute Gasteiger partial charge is 0.342 e. The highest BCUT2D eigenvalue weighted by Crippen LogP contribution is 2.30. The van der Waals surface area contributed by atoms with Gasteiger partial charge in [-0.15, -0.1) is 0 Å². The van der Waals surface area contributed by atoms with Crippen molar-refractivity contribution in [2.24, 2.45) is 11.5 Å². The Balaban J connectivity index is 3.13. The number of benzene rings is 1. The van der Waals surface area contributed by atoms with Crippen molar-refractivity contribution in [3.63, 3.8) is 0 Å². The second-order valence-corrected chi connectivity index (χ2v) is 5.50. The van der Waals surface area contributed by atoms with Crippen molar-refractivity contribution in [1.29, 1.82) is 0 Å². The molecule has 0 bridgehead atoms. The van der Waals surface area contributed by atoms with Crippen molar-refractivity contribution in [2.75, 3.05) is 46.6 Å². The van der Waals surface area contributed by atoms with Gasteiger partial charge in [0.1, 0.15) is 23.7 Å². The van der Waals surface area contributed by atoms with E-state index in [2.05, 4.69) is 0 Å². The van der Waals surface area contributed by atoms with Crippen LogP contribution in [0.5, 0.6) is 11.5 Å². The summed E-state index contributed by atoms with van der Waals surface area (Å²) in [5, 5.41) is 0. The van der Waals surface area contributed by atoms with E-state index in [1.54, 1.807) is 0 Å². The Hall–Kier alpha value is -2.86. The number of nitrogens with two attached hydrogens (primary N) is 2. The Morgan fingerprint density at radius 1 is 0.828 bits per heavy atom. The quantitative estimate of drug-likeness (QED) is 0.195. The zero-order valence-corrected chi connectivity index (χ0v) is 16.2. The normalized spacial score (nSPS) is 10.3. The molecule has 0 aliphatic heterocycles. The zero-order chi connectivity index (χ0) is 21.8. The molecule has 0 amide bonds. The van der Waals surface area contributed by atoms with E-state index in [9.17, 15) is 19.2 Å². The fourth-order valence-electron chi connectivity index (χ4n) is 2.01. The second-order valence-electron chi connectivity index (χ2n) is 5.50. The minimum Gasteiger partial charge on any atom is -0.460 e. The summed E-state index contributed by atoms with van der Waals surface area (Å²) in [4.78, 5) is 47.5. The third kappa shape index (κ3) is 7.95. The van der Waals surface area contributed by atoms with Crippen LogP contribution in [-0.4, -0.2) is 70.3 Å². The molecule has 11 heteroatoms. The molecule has 0 saturated carbocycles. The van der Waals surface area contributed by atoms with Crippen LogP contribution in [0, 0.1) is 0 Å². The van der Waals surface area contributed by atoms with Crippen LogP contribution in [0.25, 0.3) is 0 Å². The fourth-order valence-corrected chi connectivity index (χ4v) is 2.01. The van der Waals surface area contributed by atoms with Crippen molar-refractivity contribution < 1.29 is 42.9 Å². The fraction of sp³-hybridized carbons (Fsp3) is 0.444. The molecule has 0 unspecified atom stereocenters. The molecular weight excluding hydrogens is 388 g/mol. The standard InChI is InChI=1S/C18H24N2O9/c1-11(21)12-7-15(29-17(23)10-20)13(8-14(12)28-16(22)9-19)18(24)27-6-5-26-4-3-25-2/h7-8H,3-6,9-10,19-20H2,1-2H3. The van der Waals surface area contributed by atoms with Crippen LogP contribution in [-0.2, 0) is 23.8 Å². The van der Waals surface area contributed by atoms with E-state index in [0.29, 0.717) is 13.2 Å². The molecule has 4 N–H and O–H groups in total. The number of hydrogen-bond acceptors (Lipinski definition) is 11. The lowest BCUT2D eigenvalue weighted by atomic mass is 10.1. The first-order valence-corrected chi connectivity index (χ1v) is 8.58. The van der Waals surface area contributed by atoms with E-state index < -0.39 is 36.8 Å². The number of carbonyl (C=O) groups is 4. The Morgan fingerprint density at radius 2 is 1.34 bits per heavy atom. The summed E-state index contributed by atoms with van der Waals surface area (Å²) in [6, 6.07) is 2.16. The summed E-state index contributed by atoms with van der Waals surface area (Å²) in [7, 11) is 1.52. The highest BCUT2D eigenvalue weighted by atomic mass is 16.6. The number of esters is 3. The molecule has 11 nitrogen and oxygen atoms in total. The molecule has 1 aromatic carbocycles. The predicted molar refractivity (Wildman–Crippen MR) is 98.8 cm³/mol. The lowest BCUT2D eigenvalue weighted by molar-refractivity contribution is -0.133. The Kier molecular flexibility index (Phi) is 10.5. The maximum absolute atomic E-state index is 12.4. The summed E-state index contributed by atoms with van der Waals surface area (Å²) in [6.07, 6.45) is 0. The van der Waals surface area contributed by atoms with Gasteiger partial charge in [0.25, 0.3) is 0 Å². The van der Waals surface area contributed by atoms with Gasteiger partial charge >= 0.3 is 17.9 Å². The van der Waals surface area contributed by atoms with Gasteiger partial charge in [-0.3, -0.25) is 14.4 Å². The molecule has 1 rings (SSSR count). The molecule has 0 aliphatic carbocycles. The SMILES string of the molecule is COCCOCCOC(=O)c1cc(OC(=O)CN)c(C(C)=O)cc1OC(=O)CN. The molecule has 0 aliphatic rings. The third-order valence-corrected chi connectivity index (χ3v) is 3.35. The highest BCUT2D eigenvalue weighted by molar-refractivity contribution is 6.02. The van der Waals surface area contributed by atoms with Crippen LogP contribution >= 0.6 is 0 Å². The maximum Gasteiger partial charge on any atom is 0.342 e. The summed E-state index contributed by atoms with van der Waals surface area (Å²) in [5.74, 6) is -3.54. The van der Waals surface area contributed by atoms with Crippen molar-refractivity contribution in [2.45, 2.75) is 6.92 Å². The zero-order valence-electron chi connectivity index (χ0n) is 16.2. The first-order valence-electron chi connectivity index (χ1n) is 8.58. The van der Waals surface area contributed by atoms with E-state index in [4.69, 9.17) is 35.2 Å². The van der Waals surface area contributed by atoms with Gasteiger partial charge in [-0.25, -0.2) is 4.79 Å². The molecule has 0 saturated heterocycles. The third-order valence-electron chi connectivity index (χ3n) is 3.35. The summed E-state index contributed by atoms with van der Waals surface area (Å²) < 4.78 is 25.1. The first-order chi connectivity index (χ1) is 13.8. The Morgan fingerprint density at radius 3 is 1.86 bits per heavy atom. The maximum atomic E-state index is 12.4. The lowest BCUT2D eigenvalue weighted by Crippen LogP contribution is -2.23. The number of hydrogen-bond donors (Lipinski definition) is 2. The monoisotopic (exact) mass is 412 g/mol. The number of ether oxygens (including phenoxy) is 5.